The molecule has 1 unspecified atom stereocenters. The molecular weight excluding hydrogens is 166 g/mol. The number of nitrogens with zero attached hydrogens (tertiary/aromatic N) is 1. The van der Waals surface area contributed by atoms with E-state index in [-0.39, 0.29) is 11.9 Å². The molecule has 1 aliphatic rings. The average Bonchev–Trinajstić information content (AvgIpc) is 2.51. The number of carbonyl (C=O) groups is 1. The van der Waals surface area contributed by atoms with E-state index in [1.54, 1.807) is 0 Å². The van der Waals surface area contributed by atoms with Gasteiger partial charge >= 0.3 is 0 Å². The van der Waals surface area contributed by atoms with E-state index in [0.717, 1.165) is 18.8 Å². The van der Waals surface area contributed by atoms with Crippen LogP contribution in [0.15, 0.2) is 18.3 Å². The molecule has 3 N–H and O–H groups in total. The Balaban J connectivity index is 2.20. The van der Waals surface area contributed by atoms with E-state index in [1.807, 2.05) is 18.3 Å². The maximum absolute atomic E-state index is 10.8. The monoisotopic (exact) mass is 179 g/mol. The first-order valence-corrected chi connectivity index (χ1v) is 4.44. The van der Waals surface area contributed by atoms with Crippen molar-refractivity contribution < 1.29 is 4.79 Å². The van der Waals surface area contributed by atoms with E-state index in [2.05, 4.69) is 9.88 Å². The van der Waals surface area contributed by atoms with Gasteiger partial charge in [0, 0.05) is 31.4 Å². The smallest absolute Gasteiger partial charge is 0.219 e. The number of nitrogens with one attached hydrogen (secondary N) is 1. The molecule has 0 radical (unpaired) electrons. The van der Waals surface area contributed by atoms with Crippen molar-refractivity contribution in [3.8, 4) is 0 Å². The van der Waals surface area contributed by atoms with E-state index in [0.29, 0.717) is 6.42 Å². The number of hydrogen-bond donors (Lipinski definition) is 2. The lowest BCUT2D eigenvalue weighted by Crippen LogP contribution is -2.35. The van der Waals surface area contributed by atoms with Crippen molar-refractivity contribution in [2.75, 3.05) is 6.54 Å². The van der Waals surface area contributed by atoms with Crippen LogP contribution in [-0.4, -0.2) is 17.0 Å². The maximum Gasteiger partial charge on any atom is 0.219 e. The van der Waals surface area contributed by atoms with Gasteiger partial charge in [0.05, 0.1) is 6.04 Å². The number of fused-ring (bicyclic) bond motifs is 1. The molecule has 2 heterocycles. The number of amides is 1. The average molecular weight is 179 g/mol. The van der Waals surface area contributed by atoms with E-state index in [1.165, 1.54) is 0 Å². The van der Waals surface area contributed by atoms with Gasteiger partial charge in [0.1, 0.15) is 0 Å². The lowest BCUT2D eigenvalue weighted by molar-refractivity contribution is -0.118. The fourth-order valence-electron chi connectivity index (χ4n) is 1.79. The number of carbonyl (C=O) groups excluding carboxylic acids is 1. The molecule has 4 nitrogen and oxygen atoms in total. The highest BCUT2D eigenvalue weighted by molar-refractivity contribution is 5.74. The predicted octanol–water partition coefficient (Wildman–Crippen LogP) is 0.00780. The van der Waals surface area contributed by atoms with Gasteiger partial charge in [0.2, 0.25) is 5.91 Å². The Bertz CT molecular complexity index is 318. The molecule has 1 aromatic rings. The highest BCUT2D eigenvalue weighted by atomic mass is 16.1. The minimum atomic E-state index is -0.257. The second-order valence-corrected chi connectivity index (χ2v) is 3.30. The molecule has 1 atom stereocenters. The molecule has 1 aromatic heterocycles. The Labute approximate surface area is 76.7 Å². The minimum Gasteiger partial charge on any atom is -0.370 e. The van der Waals surface area contributed by atoms with Crippen LogP contribution in [0.4, 0.5) is 0 Å². The summed E-state index contributed by atoms with van der Waals surface area (Å²) in [6.07, 6.45) is 2.41. The fourth-order valence-corrected chi connectivity index (χ4v) is 1.79. The fraction of sp³-hybridized carbons (Fsp3) is 0.444. The third kappa shape index (κ3) is 1.58. The SMILES string of the molecule is NC(=O)CC1NCCn2cccc21. The molecule has 0 spiro atoms. The second kappa shape index (κ2) is 3.22. The quantitative estimate of drug-likeness (QED) is 0.671. The topological polar surface area (TPSA) is 60.1 Å². The second-order valence-electron chi connectivity index (χ2n) is 3.30. The van der Waals surface area contributed by atoms with Crippen LogP contribution >= 0.6 is 0 Å². The lowest BCUT2D eigenvalue weighted by Gasteiger charge is -2.25. The van der Waals surface area contributed by atoms with Crippen molar-refractivity contribution in [1.29, 1.82) is 0 Å². The van der Waals surface area contributed by atoms with Gasteiger partial charge in [-0.3, -0.25) is 4.79 Å². The molecule has 13 heavy (non-hydrogen) atoms. The Morgan fingerprint density at radius 1 is 1.77 bits per heavy atom. The molecule has 0 bridgehead atoms. The molecule has 0 saturated carbocycles. The summed E-state index contributed by atoms with van der Waals surface area (Å²) in [4.78, 5) is 10.8. The van der Waals surface area contributed by atoms with Gasteiger partial charge < -0.3 is 15.6 Å². The molecule has 2 rings (SSSR count). The van der Waals surface area contributed by atoms with Crippen LogP contribution in [0.5, 0.6) is 0 Å². The summed E-state index contributed by atoms with van der Waals surface area (Å²) in [6, 6.07) is 4.12. The first-order valence-electron chi connectivity index (χ1n) is 4.44. The summed E-state index contributed by atoms with van der Waals surface area (Å²) >= 11 is 0. The zero-order valence-electron chi connectivity index (χ0n) is 7.36. The molecule has 1 aliphatic heterocycles. The van der Waals surface area contributed by atoms with Crippen molar-refractivity contribution in [2.45, 2.75) is 19.0 Å². The first kappa shape index (κ1) is 8.31. The third-order valence-electron chi connectivity index (χ3n) is 2.37. The molecule has 0 aliphatic carbocycles. The van der Waals surface area contributed by atoms with Crippen LogP contribution in [0, 0.1) is 0 Å². The van der Waals surface area contributed by atoms with E-state index in [9.17, 15) is 4.79 Å². The summed E-state index contributed by atoms with van der Waals surface area (Å²) < 4.78 is 2.16. The van der Waals surface area contributed by atoms with Crippen molar-refractivity contribution in [3.63, 3.8) is 0 Å². The molecule has 1 amide bonds. The van der Waals surface area contributed by atoms with Gasteiger partial charge in [-0.15, -0.1) is 0 Å². The van der Waals surface area contributed by atoms with Crippen LogP contribution in [0.2, 0.25) is 0 Å². The largest absolute Gasteiger partial charge is 0.370 e. The first-order chi connectivity index (χ1) is 6.27. The van der Waals surface area contributed by atoms with Gasteiger partial charge in [0.15, 0.2) is 0 Å². The van der Waals surface area contributed by atoms with Crippen molar-refractivity contribution >= 4 is 5.91 Å². The Morgan fingerprint density at radius 3 is 3.38 bits per heavy atom. The number of aromatic nitrogens is 1. The van der Waals surface area contributed by atoms with Gasteiger partial charge in [-0.05, 0) is 12.1 Å². The van der Waals surface area contributed by atoms with Crippen molar-refractivity contribution in [2.24, 2.45) is 5.73 Å². The lowest BCUT2D eigenvalue weighted by atomic mass is 10.1. The standard InChI is InChI=1S/C9H13N3O/c10-9(13)6-7-8-2-1-4-12(8)5-3-11-7/h1-2,4,7,11H,3,5-6H2,(H2,10,13). The Kier molecular flexibility index (Phi) is 2.06. The molecule has 4 heteroatoms. The number of rotatable bonds is 2. The van der Waals surface area contributed by atoms with Gasteiger partial charge in [-0.25, -0.2) is 0 Å². The summed E-state index contributed by atoms with van der Waals surface area (Å²) in [7, 11) is 0. The number of nitrogens with two attached hydrogens (primary N) is 1. The summed E-state index contributed by atoms with van der Waals surface area (Å²) in [5, 5.41) is 3.27. The number of hydrogen-bond acceptors (Lipinski definition) is 2. The molecular formula is C9H13N3O. The summed E-state index contributed by atoms with van der Waals surface area (Å²) in [5.41, 5.74) is 6.32. The van der Waals surface area contributed by atoms with Gasteiger partial charge in [-0.2, -0.15) is 0 Å². The molecule has 70 valence electrons. The number of primary amides is 1. The molecule has 0 saturated heterocycles. The normalized spacial score (nSPS) is 21.1. The molecule has 0 fully saturated rings. The highest BCUT2D eigenvalue weighted by Crippen LogP contribution is 2.20. The van der Waals surface area contributed by atoms with Crippen molar-refractivity contribution in [3.05, 3.63) is 24.0 Å². The zero-order chi connectivity index (χ0) is 9.26. The molecule has 0 aromatic carbocycles. The van der Waals surface area contributed by atoms with Crippen LogP contribution in [-0.2, 0) is 11.3 Å². The van der Waals surface area contributed by atoms with Crippen molar-refractivity contribution in [1.82, 2.24) is 9.88 Å². The van der Waals surface area contributed by atoms with E-state index >= 15 is 0 Å². The third-order valence-corrected chi connectivity index (χ3v) is 2.37. The summed E-state index contributed by atoms with van der Waals surface area (Å²) in [6.45, 7) is 1.87. The van der Waals surface area contributed by atoms with Crippen LogP contribution in [0.25, 0.3) is 0 Å². The van der Waals surface area contributed by atoms with E-state index < -0.39 is 0 Å². The Morgan fingerprint density at radius 2 is 2.62 bits per heavy atom. The van der Waals surface area contributed by atoms with Crippen LogP contribution < -0.4 is 11.1 Å². The zero-order valence-corrected chi connectivity index (χ0v) is 7.36. The minimum absolute atomic E-state index is 0.0984. The predicted molar refractivity (Wildman–Crippen MR) is 49.0 cm³/mol. The van der Waals surface area contributed by atoms with Crippen LogP contribution in [0.3, 0.4) is 0 Å². The maximum atomic E-state index is 10.8. The summed E-state index contributed by atoms with van der Waals surface area (Å²) in [5.74, 6) is -0.257. The highest BCUT2D eigenvalue weighted by Gasteiger charge is 2.20. The Hall–Kier alpha value is -1.29. The van der Waals surface area contributed by atoms with Gasteiger partial charge in [0.25, 0.3) is 0 Å². The van der Waals surface area contributed by atoms with Gasteiger partial charge in [-0.1, -0.05) is 0 Å². The van der Waals surface area contributed by atoms with E-state index in [4.69, 9.17) is 5.73 Å². The van der Waals surface area contributed by atoms with Crippen LogP contribution in [0.1, 0.15) is 18.2 Å².